The number of esters is 1. The summed E-state index contributed by atoms with van der Waals surface area (Å²) in [5.74, 6) is -0.614. The van der Waals surface area contributed by atoms with Gasteiger partial charge in [0.15, 0.2) is 6.61 Å². The van der Waals surface area contributed by atoms with Crippen LogP contribution in [0.5, 0.6) is 5.75 Å². The number of amides is 1. The van der Waals surface area contributed by atoms with Gasteiger partial charge in [0, 0.05) is 11.3 Å². The van der Waals surface area contributed by atoms with E-state index in [4.69, 9.17) is 9.47 Å². The molecule has 1 heterocycles. The van der Waals surface area contributed by atoms with Gasteiger partial charge < -0.3 is 24.9 Å². The largest absolute Gasteiger partial charge is 0.495 e. The number of rotatable bonds is 6. The van der Waals surface area contributed by atoms with Gasteiger partial charge in [-0.1, -0.05) is 12.1 Å². The molecule has 0 radical (unpaired) electrons. The van der Waals surface area contributed by atoms with Crippen LogP contribution in [0.1, 0.15) is 40.3 Å². The summed E-state index contributed by atoms with van der Waals surface area (Å²) in [4.78, 5) is 27.1. The zero-order chi connectivity index (χ0) is 18.6. The summed E-state index contributed by atoms with van der Waals surface area (Å²) in [5, 5.41) is 12.4. The molecule has 0 aliphatic rings. The van der Waals surface area contributed by atoms with E-state index in [1.807, 2.05) is 0 Å². The Morgan fingerprint density at radius 2 is 1.96 bits per heavy atom. The molecule has 2 rings (SSSR count). The fraction of sp³-hybridized carbons (Fsp3) is 0.333. The molecule has 0 fully saturated rings. The number of hydrogen-bond donors (Lipinski definition) is 3. The number of para-hydroxylation sites is 2. The monoisotopic (exact) mass is 346 g/mol. The van der Waals surface area contributed by atoms with Gasteiger partial charge in [-0.05, 0) is 38.5 Å². The van der Waals surface area contributed by atoms with Crippen molar-refractivity contribution < 1.29 is 24.2 Å². The fourth-order valence-electron chi connectivity index (χ4n) is 2.73. The number of methoxy groups -OCH3 is 1. The third kappa shape index (κ3) is 4.19. The summed E-state index contributed by atoms with van der Waals surface area (Å²) in [6, 6.07) is 6.94. The molecule has 1 atom stereocenters. The van der Waals surface area contributed by atoms with E-state index in [0.717, 1.165) is 0 Å². The SMILES string of the molecule is COc1ccccc1NC(=O)COC(=O)c1[nH]c(C)c([C@@H](C)O)c1C. The Labute approximate surface area is 146 Å². The molecule has 0 aliphatic carbocycles. The summed E-state index contributed by atoms with van der Waals surface area (Å²) in [6.45, 7) is 4.68. The van der Waals surface area contributed by atoms with Crippen molar-refractivity contribution in [2.45, 2.75) is 26.9 Å². The first-order valence-electron chi connectivity index (χ1n) is 7.82. The van der Waals surface area contributed by atoms with E-state index in [1.165, 1.54) is 7.11 Å². The van der Waals surface area contributed by atoms with Crippen molar-refractivity contribution >= 4 is 17.6 Å². The number of aliphatic hydroxyl groups excluding tert-OH is 1. The quantitative estimate of drug-likeness (QED) is 0.698. The number of anilines is 1. The number of carbonyl (C=O) groups excluding carboxylic acids is 2. The molecular weight excluding hydrogens is 324 g/mol. The molecule has 134 valence electrons. The lowest BCUT2D eigenvalue weighted by Crippen LogP contribution is -2.21. The van der Waals surface area contributed by atoms with E-state index in [0.29, 0.717) is 28.3 Å². The van der Waals surface area contributed by atoms with Crippen LogP contribution in [0.3, 0.4) is 0 Å². The minimum atomic E-state index is -0.702. The molecule has 0 saturated carbocycles. The second-order valence-corrected chi connectivity index (χ2v) is 5.66. The van der Waals surface area contributed by atoms with Crippen LogP contribution in [0.15, 0.2) is 24.3 Å². The van der Waals surface area contributed by atoms with Crippen molar-refractivity contribution in [3.8, 4) is 5.75 Å². The van der Waals surface area contributed by atoms with Crippen LogP contribution >= 0.6 is 0 Å². The van der Waals surface area contributed by atoms with Crippen LogP contribution in [0, 0.1) is 13.8 Å². The molecule has 1 aromatic carbocycles. The van der Waals surface area contributed by atoms with E-state index in [1.54, 1.807) is 45.0 Å². The Balaban J connectivity index is 2.00. The van der Waals surface area contributed by atoms with E-state index in [9.17, 15) is 14.7 Å². The standard InChI is InChI=1S/C18H22N2O5/c1-10-16(12(3)21)11(2)19-17(10)18(23)25-9-15(22)20-13-7-5-6-8-14(13)24-4/h5-8,12,19,21H,9H2,1-4H3,(H,20,22)/t12-/m1/s1. The molecule has 0 bridgehead atoms. The Hall–Kier alpha value is -2.80. The lowest BCUT2D eigenvalue weighted by atomic mass is 10.1. The topological polar surface area (TPSA) is 101 Å². The van der Waals surface area contributed by atoms with Crippen molar-refractivity contribution in [2.24, 2.45) is 0 Å². The van der Waals surface area contributed by atoms with Gasteiger partial charge in [0.05, 0.1) is 18.9 Å². The zero-order valence-corrected chi connectivity index (χ0v) is 14.7. The molecule has 0 spiro atoms. The summed E-state index contributed by atoms with van der Waals surface area (Å²) >= 11 is 0. The highest BCUT2D eigenvalue weighted by Crippen LogP contribution is 2.25. The number of hydrogen-bond acceptors (Lipinski definition) is 5. The van der Waals surface area contributed by atoms with Gasteiger partial charge in [0.25, 0.3) is 5.91 Å². The van der Waals surface area contributed by atoms with Crippen molar-refractivity contribution in [3.05, 3.63) is 46.8 Å². The molecule has 7 nitrogen and oxygen atoms in total. The number of ether oxygens (including phenoxy) is 2. The first kappa shape index (κ1) is 18.5. The Kier molecular flexibility index (Phi) is 5.82. The smallest absolute Gasteiger partial charge is 0.355 e. The highest BCUT2D eigenvalue weighted by atomic mass is 16.5. The lowest BCUT2D eigenvalue weighted by Gasteiger charge is -2.10. The summed E-state index contributed by atoms with van der Waals surface area (Å²) in [6.07, 6.45) is -0.702. The molecule has 7 heteroatoms. The Bertz CT molecular complexity index is 780. The lowest BCUT2D eigenvalue weighted by molar-refractivity contribution is -0.119. The van der Waals surface area contributed by atoms with Gasteiger partial charge in [-0.3, -0.25) is 4.79 Å². The second-order valence-electron chi connectivity index (χ2n) is 5.66. The molecular formula is C18H22N2O5. The van der Waals surface area contributed by atoms with Crippen molar-refractivity contribution in [3.63, 3.8) is 0 Å². The van der Waals surface area contributed by atoms with E-state index < -0.39 is 24.6 Å². The minimum absolute atomic E-state index is 0.235. The van der Waals surface area contributed by atoms with Gasteiger partial charge >= 0.3 is 5.97 Å². The third-order valence-electron chi connectivity index (χ3n) is 3.83. The highest BCUT2D eigenvalue weighted by Gasteiger charge is 2.21. The normalized spacial score (nSPS) is 11.7. The van der Waals surface area contributed by atoms with E-state index in [2.05, 4.69) is 10.3 Å². The summed E-state index contributed by atoms with van der Waals surface area (Å²) < 4.78 is 10.2. The molecule has 3 N–H and O–H groups in total. The number of aromatic amines is 1. The molecule has 1 amide bonds. The van der Waals surface area contributed by atoms with Crippen LogP contribution in [-0.4, -0.2) is 35.7 Å². The Morgan fingerprint density at radius 3 is 2.56 bits per heavy atom. The fourth-order valence-corrected chi connectivity index (χ4v) is 2.73. The molecule has 1 aromatic heterocycles. The Morgan fingerprint density at radius 1 is 1.28 bits per heavy atom. The maximum Gasteiger partial charge on any atom is 0.355 e. The molecule has 2 aromatic rings. The predicted octanol–water partition coefficient (Wildman–Crippen LogP) is 2.49. The van der Waals surface area contributed by atoms with E-state index in [-0.39, 0.29) is 5.69 Å². The maximum atomic E-state index is 12.2. The molecule has 25 heavy (non-hydrogen) atoms. The summed E-state index contributed by atoms with van der Waals surface area (Å²) in [7, 11) is 1.50. The van der Waals surface area contributed by atoms with Crippen LogP contribution in [0.2, 0.25) is 0 Å². The number of carbonyl (C=O) groups is 2. The number of aromatic nitrogens is 1. The first-order valence-corrected chi connectivity index (χ1v) is 7.82. The van der Waals surface area contributed by atoms with Gasteiger partial charge in [-0.2, -0.15) is 0 Å². The number of nitrogens with one attached hydrogen (secondary N) is 2. The van der Waals surface area contributed by atoms with Crippen LogP contribution in [0.4, 0.5) is 5.69 Å². The predicted molar refractivity (Wildman–Crippen MR) is 92.8 cm³/mol. The number of aryl methyl sites for hydroxylation is 1. The van der Waals surface area contributed by atoms with Gasteiger partial charge in [-0.25, -0.2) is 4.79 Å². The van der Waals surface area contributed by atoms with Crippen LogP contribution in [0.25, 0.3) is 0 Å². The molecule has 0 aliphatic heterocycles. The number of H-pyrrole nitrogens is 1. The van der Waals surface area contributed by atoms with E-state index >= 15 is 0 Å². The average Bonchev–Trinajstić information content (AvgIpc) is 2.87. The summed E-state index contributed by atoms with van der Waals surface area (Å²) in [5.41, 5.74) is 2.69. The maximum absolute atomic E-state index is 12.2. The highest BCUT2D eigenvalue weighted by molar-refractivity contribution is 5.96. The van der Waals surface area contributed by atoms with Crippen molar-refractivity contribution in [1.82, 2.24) is 4.98 Å². The van der Waals surface area contributed by atoms with Gasteiger partial charge in [0.1, 0.15) is 11.4 Å². The first-order chi connectivity index (χ1) is 11.8. The molecule has 0 saturated heterocycles. The second kappa shape index (κ2) is 7.85. The van der Waals surface area contributed by atoms with Crippen LogP contribution < -0.4 is 10.1 Å². The van der Waals surface area contributed by atoms with Crippen molar-refractivity contribution in [2.75, 3.05) is 19.0 Å². The number of aliphatic hydroxyl groups is 1. The average molecular weight is 346 g/mol. The zero-order valence-electron chi connectivity index (χ0n) is 14.7. The van der Waals surface area contributed by atoms with Crippen LogP contribution in [-0.2, 0) is 9.53 Å². The van der Waals surface area contributed by atoms with Gasteiger partial charge in [0.2, 0.25) is 0 Å². The minimum Gasteiger partial charge on any atom is -0.495 e. The number of benzene rings is 1. The van der Waals surface area contributed by atoms with Crippen molar-refractivity contribution in [1.29, 1.82) is 0 Å². The molecule has 0 unspecified atom stereocenters. The van der Waals surface area contributed by atoms with Gasteiger partial charge in [-0.15, -0.1) is 0 Å². The third-order valence-corrected chi connectivity index (χ3v) is 3.83.